The van der Waals surface area contributed by atoms with Crippen molar-refractivity contribution in [3.8, 4) is 0 Å². The van der Waals surface area contributed by atoms with Gasteiger partial charge in [-0.3, -0.25) is 20.3 Å². The fourth-order valence-electron chi connectivity index (χ4n) is 0.799. The van der Waals surface area contributed by atoms with E-state index in [4.69, 9.17) is 10.5 Å². The molecule has 0 saturated carbocycles. The van der Waals surface area contributed by atoms with E-state index < -0.39 is 5.97 Å². The van der Waals surface area contributed by atoms with Crippen LogP contribution in [0.1, 0.15) is 19.8 Å². The van der Waals surface area contributed by atoms with E-state index in [-0.39, 0.29) is 18.4 Å². The molecule has 0 aromatic heterocycles. The fraction of sp³-hybridized carbons (Fsp3) is 0.625. The van der Waals surface area contributed by atoms with Gasteiger partial charge >= 0.3 is 5.97 Å². The van der Waals surface area contributed by atoms with Gasteiger partial charge in [0.05, 0.1) is 0 Å². The van der Waals surface area contributed by atoms with E-state index in [0.29, 0.717) is 12.8 Å². The predicted octanol–water partition coefficient (Wildman–Crippen LogP) is -0.146. The van der Waals surface area contributed by atoms with Crippen molar-refractivity contribution < 1.29 is 14.7 Å². The molecule has 6 heteroatoms. The molecule has 80 valence electrons. The maximum atomic E-state index is 11.0. The van der Waals surface area contributed by atoms with Crippen LogP contribution in [0.2, 0.25) is 0 Å². The molecule has 0 atom stereocenters. The Kier molecular flexibility index (Phi) is 5.28. The van der Waals surface area contributed by atoms with Crippen LogP contribution in [-0.4, -0.2) is 41.4 Å². The average molecular weight is 201 g/mol. The van der Waals surface area contributed by atoms with Crippen LogP contribution >= 0.6 is 0 Å². The first-order chi connectivity index (χ1) is 6.47. The molecule has 0 bridgehead atoms. The smallest absolute Gasteiger partial charge is 0.323 e. The summed E-state index contributed by atoms with van der Waals surface area (Å²) in [7, 11) is 1.43. The molecule has 0 aromatic rings. The Bertz CT molecular complexity index is 240. The average Bonchev–Trinajstić information content (AvgIpc) is 2.02. The van der Waals surface area contributed by atoms with Crippen LogP contribution in [0.4, 0.5) is 0 Å². The van der Waals surface area contributed by atoms with E-state index >= 15 is 0 Å². The van der Waals surface area contributed by atoms with Gasteiger partial charge in [0.15, 0.2) is 5.96 Å². The van der Waals surface area contributed by atoms with Crippen molar-refractivity contribution in [1.82, 2.24) is 10.2 Å². The second-order valence-corrected chi connectivity index (χ2v) is 2.90. The number of aliphatic carboxylic acids is 1. The molecular weight excluding hydrogens is 186 g/mol. The lowest BCUT2D eigenvalue weighted by Gasteiger charge is -2.17. The van der Waals surface area contributed by atoms with Gasteiger partial charge in [-0.25, -0.2) is 0 Å². The second-order valence-electron chi connectivity index (χ2n) is 2.90. The number of carbonyl (C=O) groups excluding carboxylic acids is 1. The van der Waals surface area contributed by atoms with Gasteiger partial charge in [-0.15, -0.1) is 0 Å². The number of carbonyl (C=O) groups is 2. The SMILES string of the molecule is CCCC(=O)NC(=N)N(C)CC(=O)O. The summed E-state index contributed by atoms with van der Waals surface area (Å²) in [6, 6.07) is 0. The van der Waals surface area contributed by atoms with Crippen molar-refractivity contribution >= 4 is 17.8 Å². The van der Waals surface area contributed by atoms with Gasteiger partial charge in [0.2, 0.25) is 5.91 Å². The van der Waals surface area contributed by atoms with Crippen LogP contribution in [0.5, 0.6) is 0 Å². The first-order valence-electron chi connectivity index (χ1n) is 4.28. The monoisotopic (exact) mass is 201 g/mol. The molecule has 0 heterocycles. The van der Waals surface area contributed by atoms with Crippen molar-refractivity contribution in [2.24, 2.45) is 0 Å². The normalized spacial score (nSPS) is 9.29. The predicted molar refractivity (Wildman–Crippen MR) is 51.0 cm³/mol. The zero-order valence-corrected chi connectivity index (χ0v) is 8.33. The molecule has 1 amide bonds. The van der Waals surface area contributed by atoms with Crippen molar-refractivity contribution in [1.29, 1.82) is 5.41 Å². The minimum absolute atomic E-state index is 0.189. The minimum atomic E-state index is -1.04. The summed E-state index contributed by atoms with van der Waals surface area (Å²) >= 11 is 0. The van der Waals surface area contributed by atoms with Crippen LogP contribution in [0.3, 0.4) is 0 Å². The van der Waals surface area contributed by atoms with Gasteiger partial charge in [0.25, 0.3) is 0 Å². The van der Waals surface area contributed by atoms with Crippen LogP contribution in [0, 0.1) is 5.41 Å². The van der Waals surface area contributed by atoms with Crippen molar-refractivity contribution in [3.63, 3.8) is 0 Å². The van der Waals surface area contributed by atoms with E-state index in [1.54, 1.807) is 0 Å². The number of carboxylic acid groups (broad SMARTS) is 1. The zero-order valence-electron chi connectivity index (χ0n) is 8.33. The van der Waals surface area contributed by atoms with Crippen LogP contribution in [-0.2, 0) is 9.59 Å². The third kappa shape index (κ3) is 5.13. The molecule has 0 radical (unpaired) electrons. The van der Waals surface area contributed by atoms with Crippen LogP contribution in [0.25, 0.3) is 0 Å². The molecule has 0 fully saturated rings. The summed E-state index contributed by atoms with van der Waals surface area (Å²) in [6.07, 6.45) is 1.03. The third-order valence-electron chi connectivity index (χ3n) is 1.49. The Morgan fingerprint density at radius 3 is 2.50 bits per heavy atom. The number of rotatable bonds is 4. The number of hydrogen-bond acceptors (Lipinski definition) is 3. The molecular formula is C8H15N3O3. The third-order valence-corrected chi connectivity index (χ3v) is 1.49. The number of guanidine groups is 1. The Morgan fingerprint density at radius 1 is 1.50 bits per heavy atom. The molecule has 3 N–H and O–H groups in total. The number of nitrogens with zero attached hydrogens (tertiary/aromatic N) is 1. The van der Waals surface area contributed by atoms with Gasteiger partial charge in [-0.2, -0.15) is 0 Å². The quantitative estimate of drug-likeness (QED) is 0.435. The summed E-state index contributed by atoms with van der Waals surface area (Å²) < 4.78 is 0. The largest absolute Gasteiger partial charge is 0.480 e. The second kappa shape index (κ2) is 5.95. The highest BCUT2D eigenvalue weighted by Crippen LogP contribution is 1.88. The minimum Gasteiger partial charge on any atom is -0.480 e. The molecule has 0 aromatic carbocycles. The summed E-state index contributed by atoms with van der Waals surface area (Å²) in [5.41, 5.74) is 0. The number of likely N-dealkylation sites (N-methyl/N-ethyl adjacent to an activating group) is 1. The van der Waals surface area contributed by atoms with Crippen molar-refractivity contribution in [2.45, 2.75) is 19.8 Å². The van der Waals surface area contributed by atoms with E-state index in [1.807, 2.05) is 6.92 Å². The topological polar surface area (TPSA) is 93.5 Å². The standard InChI is InChI=1S/C8H15N3O3/c1-3-4-6(12)10-8(9)11(2)5-7(13)14/h3-5H2,1-2H3,(H,13,14)(H2,9,10,12). The van der Waals surface area contributed by atoms with Gasteiger partial charge < -0.3 is 10.0 Å². The van der Waals surface area contributed by atoms with Crippen LogP contribution in [0.15, 0.2) is 0 Å². The van der Waals surface area contributed by atoms with Gasteiger partial charge in [0, 0.05) is 13.5 Å². The Morgan fingerprint density at radius 2 is 2.07 bits per heavy atom. The first-order valence-corrected chi connectivity index (χ1v) is 4.28. The Hall–Kier alpha value is -1.59. The van der Waals surface area contributed by atoms with E-state index in [0.717, 1.165) is 4.90 Å². The summed E-state index contributed by atoms with van der Waals surface area (Å²) in [6.45, 7) is 1.55. The maximum absolute atomic E-state index is 11.0. The highest BCUT2D eigenvalue weighted by Gasteiger charge is 2.10. The molecule has 0 aliphatic rings. The van der Waals surface area contributed by atoms with Crippen molar-refractivity contribution in [2.75, 3.05) is 13.6 Å². The Balaban J connectivity index is 3.95. The molecule has 0 saturated heterocycles. The summed E-state index contributed by atoms with van der Waals surface area (Å²) in [5, 5.41) is 18.0. The van der Waals surface area contributed by atoms with Gasteiger partial charge in [-0.1, -0.05) is 6.92 Å². The zero-order chi connectivity index (χ0) is 11.1. The lowest BCUT2D eigenvalue weighted by atomic mass is 10.3. The highest BCUT2D eigenvalue weighted by atomic mass is 16.4. The number of carboxylic acids is 1. The molecule has 0 spiro atoms. The maximum Gasteiger partial charge on any atom is 0.323 e. The van der Waals surface area contributed by atoms with Gasteiger partial charge in [0.1, 0.15) is 6.54 Å². The number of amides is 1. The molecule has 0 aliphatic heterocycles. The van der Waals surface area contributed by atoms with E-state index in [9.17, 15) is 9.59 Å². The summed E-state index contributed by atoms with van der Waals surface area (Å²) in [5.74, 6) is -1.50. The van der Waals surface area contributed by atoms with Crippen LogP contribution < -0.4 is 5.32 Å². The molecule has 0 aliphatic carbocycles. The fourth-order valence-corrected chi connectivity index (χ4v) is 0.799. The lowest BCUT2D eigenvalue weighted by Crippen LogP contribution is -2.43. The number of hydrogen-bond donors (Lipinski definition) is 3. The molecule has 6 nitrogen and oxygen atoms in total. The van der Waals surface area contributed by atoms with E-state index in [1.165, 1.54) is 7.05 Å². The molecule has 14 heavy (non-hydrogen) atoms. The number of nitrogens with one attached hydrogen (secondary N) is 2. The van der Waals surface area contributed by atoms with Crippen molar-refractivity contribution in [3.05, 3.63) is 0 Å². The molecule has 0 rings (SSSR count). The molecule has 0 unspecified atom stereocenters. The lowest BCUT2D eigenvalue weighted by molar-refractivity contribution is -0.137. The van der Waals surface area contributed by atoms with Gasteiger partial charge in [-0.05, 0) is 6.42 Å². The highest BCUT2D eigenvalue weighted by molar-refractivity contribution is 5.96. The van der Waals surface area contributed by atoms with E-state index in [2.05, 4.69) is 5.32 Å². The first kappa shape index (κ1) is 12.4. The Labute approximate surface area is 82.4 Å². The summed E-state index contributed by atoms with van der Waals surface area (Å²) in [4.78, 5) is 22.4.